The summed E-state index contributed by atoms with van der Waals surface area (Å²) in [7, 11) is -3.84. The topological polar surface area (TPSA) is 70.9 Å². The zero-order valence-electron chi connectivity index (χ0n) is 18.1. The zero-order chi connectivity index (χ0) is 23.6. The number of carbonyl (C=O) groups is 1. The lowest BCUT2D eigenvalue weighted by molar-refractivity contribution is -0.930. The molecule has 0 unspecified atom stereocenters. The fourth-order valence-corrected chi connectivity index (χ4v) is 6.46. The highest BCUT2D eigenvalue weighted by molar-refractivity contribution is 7.89. The predicted octanol–water partition coefficient (Wildman–Crippen LogP) is 3.61. The lowest BCUT2D eigenvalue weighted by Gasteiger charge is -2.37. The zero-order valence-corrected chi connectivity index (χ0v) is 20.4. The first kappa shape index (κ1) is 24.4. The van der Waals surface area contributed by atoms with Gasteiger partial charge in [0.15, 0.2) is 0 Å². The first-order valence-corrected chi connectivity index (χ1v) is 13.4. The minimum absolute atomic E-state index is 0.0932. The molecule has 178 valence electrons. The van der Waals surface area contributed by atoms with Crippen molar-refractivity contribution >= 4 is 44.8 Å². The number of quaternary nitrogens is 1. The molecule has 2 fully saturated rings. The van der Waals surface area contributed by atoms with E-state index >= 15 is 0 Å². The SMILES string of the molecule is O=C(Nc1ccc(Cl)c(Cl)c1)c1cc(S(=O)(=O)N2CC[NH+](C3CCCCC3)CC2)ccc1F. The van der Waals surface area contributed by atoms with Gasteiger partial charge in [0.25, 0.3) is 5.91 Å². The van der Waals surface area contributed by atoms with E-state index in [1.807, 2.05) is 0 Å². The van der Waals surface area contributed by atoms with Crippen LogP contribution in [-0.2, 0) is 10.0 Å². The maximum atomic E-state index is 14.4. The van der Waals surface area contributed by atoms with E-state index in [2.05, 4.69) is 5.32 Å². The van der Waals surface area contributed by atoms with Crippen LogP contribution >= 0.6 is 23.2 Å². The highest BCUT2D eigenvalue weighted by Gasteiger charge is 2.34. The Morgan fingerprint density at radius 3 is 2.36 bits per heavy atom. The lowest BCUT2D eigenvalue weighted by Crippen LogP contribution is -3.18. The molecule has 0 atom stereocenters. The molecule has 2 N–H and O–H groups in total. The summed E-state index contributed by atoms with van der Waals surface area (Å²) in [5.74, 6) is -1.58. The van der Waals surface area contributed by atoms with E-state index in [1.54, 1.807) is 0 Å². The fraction of sp³-hybridized carbons (Fsp3) is 0.435. The standard InChI is InChI=1S/C23H26Cl2FN3O3S/c24-20-8-6-16(14-21(20)25)27-23(30)19-15-18(7-9-22(19)26)33(31,32)29-12-10-28(11-13-29)17-4-2-1-3-5-17/h6-9,14-15,17H,1-5,10-13H2,(H,27,30)/p+1. The van der Waals surface area contributed by atoms with Crippen molar-refractivity contribution in [3.63, 3.8) is 0 Å². The molecule has 0 aromatic heterocycles. The van der Waals surface area contributed by atoms with Crippen LogP contribution < -0.4 is 10.2 Å². The lowest BCUT2D eigenvalue weighted by atomic mass is 9.94. The number of hydrogen-bond donors (Lipinski definition) is 2. The van der Waals surface area contributed by atoms with Crippen molar-refractivity contribution in [3.05, 3.63) is 57.8 Å². The van der Waals surface area contributed by atoms with Gasteiger partial charge in [-0.2, -0.15) is 4.31 Å². The summed E-state index contributed by atoms with van der Waals surface area (Å²) in [4.78, 5) is 14.0. The van der Waals surface area contributed by atoms with Gasteiger partial charge in [0, 0.05) is 5.69 Å². The number of halogens is 3. The number of nitrogens with zero attached hydrogens (tertiary/aromatic N) is 1. The smallest absolute Gasteiger partial charge is 0.258 e. The maximum absolute atomic E-state index is 14.4. The van der Waals surface area contributed by atoms with Gasteiger partial charge in [-0.15, -0.1) is 0 Å². The average Bonchev–Trinajstić information content (AvgIpc) is 2.82. The van der Waals surface area contributed by atoms with Crippen molar-refractivity contribution in [1.82, 2.24) is 4.31 Å². The molecular weight excluding hydrogens is 488 g/mol. The van der Waals surface area contributed by atoms with Crippen LogP contribution in [0.5, 0.6) is 0 Å². The minimum Gasteiger partial charge on any atom is -0.330 e. The molecule has 4 rings (SSSR count). The van der Waals surface area contributed by atoms with E-state index in [0.29, 0.717) is 29.8 Å². The normalized spacial score (nSPS) is 18.9. The third-order valence-corrected chi connectivity index (χ3v) is 9.18. The van der Waals surface area contributed by atoms with Gasteiger partial charge in [0.1, 0.15) is 5.82 Å². The van der Waals surface area contributed by atoms with Crippen LogP contribution in [0.25, 0.3) is 0 Å². The van der Waals surface area contributed by atoms with Gasteiger partial charge in [-0.05, 0) is 62.1 Å². The molecule has 33 heavy (non-hydrogen) atoms. The minimum atomic E-state index is -3.84. The molecule has 0 radical (unpaired) electrons. The van der Waals surface area contributed by atoms with Crippen molar-refractivity contribution < 1.29 is 22.5 Å². The number of hydrogen-bond acceptors (Lipinski definition) is 3. The van der Waals surface area contributed by atoms with Gasteiger partial charge < -0.3 is 10.2 Å². The van der Waals surface area contributed by atoms with Crippen LogP contribution in [0.3, 0.4) is 0 Å². The Balaban J connectivity index is 1.47. The summed E-state index contributed by atoms with van der Waals surface area (Å²) in [5, 5.41) is 3.09. The molecule has 1 saturated heterocycles. The Kier molecular flexibility index (Phi) is 7.60. The summed E-state index contributed by atoms with van der Waals surface area (Å²) in [6.45, 7) is 2.35. The molecule has 1 aliphatic carbocycles. The molecule has 0 bridgehead atoms. The van der Waals surface area contributed by atoms with Gasteiger partial charge in [-0.1, -0.05) is 29.6 Å². The summed E-state index contributed by atoms with van der Waals surface area (Å²) < 4.78 is 42.3. The van der Waals surface area contributed by atoms with Crippen molar-refractivity contribution in [1.29, 1.82) is 0 Å². The summed E-state index contributed by atoms with van der Waals surface area (Å²) in [6.07, 6.45) is 6.20. The number of benzene rings is 2. The Bertz CT molecular complexity index is 1130. The first-order valence-electron chi connectivity index (χ1n) is 11.2. The van der Waals surface area contributed by atoms with Crippen LogP contribution in [0.1, 0.15) is 42.5 Å². The first-order chi connectivity index (χ1) is 15.8. The van der Waals surface area contributed by atoms with Crippen LogP contribution in [0.2, 0.25) is 10.0 Å². The summed E-state index contributed by atoms with van der Waals surface area (Å²) in [6, 6.07) is 8.41. The predicted molar refractivity (Wildman–Crippen MR) is 127 cm³/mol. The third kappa shape index (κ3) is 5.52. The summed E-state index contributed by atoms with van der Waals surface area (Å²) in [5.41, 5.74) is -0.0301. The second-order valence-electron chi connectivity index (χ2n) is 8.62. The Hall–Kier alpha value is -1.71. The molecule has 2 aromatic carbocycles. The molecule has 2 aliphatic rings. The van der Waals surface area contributed by atoms with E-state index in [4.69, 9.17) is 23.2 Å². The number of sulfonamides is 1. The summed E-state index contributed by atoms with van der Waals surface area (Å²) >= 11 is 11.8. The fourth-order valence-electron chi connectivity index (χ4n) is 4.69. The van der Waals surface area contributed by atoms with Crippen LogP contribution in [0.15, 0.2) is 41.3 Å². The molecular formula is C23H27Cl2FN3O3S+. The molecule has 1 saturated carbocycles. The number of rotatable bonds is 5. The van der Waals surface area contributed by atoms with Gasteiger partial charge in [0.05, 0.1) is 52.7 Å². The Morgan fingerprint density at radius 2 is 1.70 bits per heavy atom. The molecule has 0 spiro atoms. The van der Waals surface area contributed by atoms with Crippen molar-refractivity contribution in [3.8, 4) is 0 Å². The van der Waals surface area contributed by atoms with Crippen molar-refractivity contribution in [2.45, 2.75) is 43.0 Å². The highest BCUT2D eigenvalue weighted by atomic mass is 35.5. The van der Waals surface area contributed by atoms with E-state index in [1.165, 1.54) is 65.6 Å². The molecule has 1 amide bonds. The largest absolute Gasteiger partial charge is 0.330 e. The number of anilines is 1. The van der Waals surface area contributed by atoms with Gasteiger partial charge >= 0.3 is 0 Å². The van der Waals surface area contributed by atoms with Crippen LogP contribution in [0, 0.1) is 5.82 Å². The van der Waals surface area contributed by atoms with Crippen molar-refractivity contribution in [2.24, 2.45) is 0 Å². The highest BCUT2D eigenvalue weighted by Crippen LogP contribution is 2.26. The van der Waals surface area contributed by atoms with E-state index in [-0.39, 0.29) is 15.5 Å². The number of amides is 1. The van der Waals surface area contributed by atoms with Crippen LogP contribution in [0.4, 0.5) is 10.1 Å². The second-order valence-corrected chi connectivity index (χ2v) is 11.4. The molecule has 6 nitrogen and oxygen atoms in total. The van der Waals surface area contributed by atoms with Gasteiger partial charge in [-0.25, -0.2) is 12.8 Å². The monoisotopic (exact) mass is 514 g/mol. The number of piperazine rings is 1. The molecule has 1 aliphatic heterocycles. The quantitative estimate of drug-likeness (QED) is 0.640. The van der Waals surface area contributed by atoms with E-state index < -0.39 is 21.7 Å². The van der Waals surface area contributed by atoms with Gasteiger partial charge in [0.2, 0.25) is 10.0 Å². The average molecular weight is 515 g/mol. The second kappa shape index (κ2) is 10.3. The molecule has 10 heteroatoms. The number of nitrogens with one attached hydrogen (secondary N) is 2. The maximum Gasteiger partial charge on any atom is 0.258 e. The van der Waals surface area contributed by atoms with E-state index in [0.717, 1.165) is 25.2 Å². The van der Waals surface area contributed by atoms with Crippen molar-refractivity contribution in [2.75, 3.05) is 31.5 Å². The number of carbonyl (C=O) groups excluding carboxylic acids is 1. The molecule has 1 heterocycles. The Labute approximate surface area is 203 Å². The van der Waals surface area contributed by atoms with Crippen LogP contribution in [-0.4, -0.2) is 50.9 Å². The van der Waals surface area contributed by atoms with E-state index in [9.17, 15) is 17.6 Å². The Morgan fingerprint density at radius 1 is 1.00 bits per heavy atom. The van der Waals surface area contributed by atoms with Gasteiger partial charge in [-0.3, -0.25) is 4.79 Å². The third-order valence-electron chi connectivity index (χ3n) is 6.54. The molecule has 2 aromatic rings.